The van der Waals surface area contributed by atoms with Gasteiger partial charge in [0.05, 0.1) is 6.42 Å². The van der Waals surface area contributed by atoms with E-state index in [4.69, 9.17) is 5.11 Å². The number of likely N-dealkylation sites (tertiary alicyclic amines) is 1. The van der Waals surface area contributed by atoms with Crippen LogP contribution in [-0.4, -0.2) is 51.5 Å². The lowest BCUT2D eigenvalue weighted by Crippen LogP contribution is -2.55. The molecule has 1 N–H and O–H groups in total. The summed E-state index contributed by atoms with van der Waals surface area (Å²) in [6.45, 7) is 4.20. The number of hydrogen-bond acceptors (Lipinski definition) is 3. The average Bonchev–Trinajstić information content (AvgIpc) is 2.40. The van der Waals surface area contributed by atoms with Crippen LogP contribution in [0, 0.1) is 5.92 Å². The van der Waals surface area contributed by atoms with Crippen LogP contribution in [0.1, 0.15) is 18.9 Å². The van der Waals surface area contributed by atoms with Gasteiger partial charge in [0.2, 0.25) is 0 Å². The van der Waals surface area contributed by atoms with Crippen LogP contribution in [0.25, 0.3) is 0 Å². The Bertz CT molecular complexity index is 472. The molecule has 0 saturated carbocycles. The summed E-state index contributed by atoms with van der Waals surface area (Å²) in [5.74, 6) is -0.706. The third-order valence-corrected chi connectivity index (χ3v) is 3.47. The predicted molar refractivity (Wildman–Crippen MR) is 73.0 cm³/mol. The Morgan fingerprint density at radius 1 is 1.40 bits per heavy atom. The van der Waals surface area contributed by atoms with Crippen LogP contribution in [0.15, 0.2) is 24.5 Å². The van der Waals surface area contributed by atoms with Crippen molar-refractivity contribution in [2.24, 2.45) is 5.92 Å². The first-order valence-corrected chi connectivity index (χ1v) is 6.74. The second kappa shape index (κ2) is 6.36. The second-order valence-corrected chi connectivity index (χ2v) is 5.02. The van der Waals surface area contributed by atoms with E-state index >= 15 is 0 Å². The van der Waals surface area contributed by atoms with Crippen molar-refractivity contribution in [3.8, 4) is 0 Å². The van der Waals surface area contributed by atoms with Gasteiger partial charge in [-0.15, -0.1) is 0 Å². The molecular weight excluding hydrogens is 258 g/mol. The van der Waals surface area contributed by atoms with E-state index in [2.05, 4.69) is 4.98 Å². The van der Waals surface area contributed by atoms with Gasteiger partial charge >= 0.3 is 12.0 Å². The highest BCUT2D eigenvalue weighted by atomic mass is 16.4. The molecule has 0 bridgehead atoms. The molecule has 1 aliphatic rings. The Morgan fingerprint density at radius 3 is 2.60 bits per heavy atom. The molecule has 0 atom stereocenters. The topological polar surface area (TPSA) is 73.7 Å². The normalized spacial score (nSPS) is 14.8. The van der Waals surface area contributed by atoms with E-state index in [9.17, 15) is 9.59 Å². The minimum atomic E-state index is -0.800. The largest absolute Gasteiger partial charge is 0.481 e. The molecule has 0 radical (unpaired) electrons. The lowest BCUT2D eigenvalue weighted by atomic mass is 9.97. The molecule has 2 heterocycles. The average molecular weight is 277 g/mol. The summed E-state index contributed by atoms with van der Waals surface area (Å²) in [5, 5.41) is 8.70. The van der Waals surface area contributed by atoms with E-state index in [-0.39, 0.29) is 18.4 Å². The molecule has 6 heteroatoms. The van der Waals surface area contributed by atoms with E-state index in [0.29, 0.717) is 26.2 Å². The number of hydrogen-bond donors (Lipinski definition) is 1. The Kier molecular flexibility index (Phi) is 4.55. The zero-order valence-corrected chi connectivity index (χ0v) is 11.5. The Balaban J connectivity index is 1.86. The maximum absolute atomic E-state index is 12.3. The minimum Gasteiger partial charge on any atom is -0.481 e. The second-order valence-electron chi connectivity index (χ2n) is 5.02. The van der Waals surface area contributed by atoms with Gasteiger partial charge in [-0.05, 0) is 24.6 Å². The molecule has 20 heavy (non-hydrogen) atoms. The molecule has 1 fully saturated rings. The van der Waals surface area contributed by atoms with Crippen LogP contribution in [0.2, 0.25) is 0 Å². The monoisotopic (exact) mass is 277 g/mol. The van der Waals surface area contributed by atoms with Crippen LogP contribution in [0.3, 0.4) is 0 Å². The molecule has 1 aliphatic heterocycles. The quantitative estimate of drug-likeness (QED) is 0.883. The standard InChI is InChI=1S/C14H19N3O3/c1-2-16(8-11-3-5-15-6-4-11)14(20)17-9-12(10-17)7-13(18)19/h3-6,12H,2,7-10H2,1H3,(H,18,19). The summed E-state index contributed by atoms with van der Waals surface area (Å²) in [4.78, 5) is 30.3. The fraction of sp³-hybridized carbons (Fsp3) is 0.500. The van der Waals surface area contributed by atoms with Crippen molar-refractivity contribution in [3.05, 3.63) is 30.1 Å². The summed E-state index contributed by atoms with van der Waals surface area (Å²) in [6, 6.07) is 3.75. The molecular formula is C14H19N3O3. The van der Waals surface area contributed by atoms with Crippen molar-refractivity contribution in [3.63, 3.8) is 0 Å². The van der Waals surface area contributed by atoms with Gasteiger partial charge in [-0.3, -0.25) is 9.78 Å². The van der Waals surface area contributed by atoms with Crippen molar-refractivity contribution in [1.82, 2.24) is 14.8 Å². The molecule has 0 aromatic carbocycles. The number of carboxylic acid groups (broad SMARTS) is 1. The van der Waals surface area contributed by atoms with Gasteiger partial charge in [-0.25, -0.2) is 4.79 Å². The molecule has 0 aliphatic carbocycles. The summed E-state index contributed by atoms with van der Waals surface area (Å²) in [5.41, 5.74) is 1.04. The molecule has 0 unspecified atom stereocenters. The number of nitrogens with zero attached hydrogens (tertiary/aromatic N) is 3. The van der Waals surface area contributed by atoms with Crippen molar-refractivity contribution < 1.29 is 14.7 Å². The lowest BCUT2D eigenvalue weighted by molar-refractivity contribution is -0.139. The van der Waals surface area contributed by atoms with Gasteiger partial charge in [0.1, 0.15) is 0 Å². The summed E-state index contributed by atoms with van der Waals surface area (Å²) in [6.07, 6.45) is 3.56. The number of carbonyl (C=O) groups is 2. The van der Waals surface area contributed by atoms with Crippen LogP contribution in [0.5, 0.6) is 0 Å². The van der Waals surface area contributed by atoms with Crippen molar-refractivity contribution in [2.75, 3.05) is 19.6 Å². The van der Waals surface area contributed by atoms with Gasteiger partial charge < -0.3 is 14.9 Å². The summed E-state index contributed by atoms with van der Waals surface area (Å²) >= 11 is 0. The van der Waals surface area contributed by atoms with E-state index in [1.807, 2.05) is 19.1 Å². The van der Waals surface area contributed by atoms with Gasteiger partial charge in [0.15, 0.2) is 0 Å². The van der Waals surface area contributed by atoms with Crippen molar-refractivity contribution in [1.29, 1.82) is 0 Å². The van der Waals surface area contributed by atoms with E-state index in [1.54, 1.807) is 22.2 Å². The summed E-state index contributed by atoms with van der Waals surface area (Å²) < 4.78 is 0. The SMILES string of the molecule is CCN(Cc1ccncc1)C(=O)N1CC(CC(=O)O)C1. The number of carbonyl (C=O) groups excluding carboxylic acids is 1. The number of pyridine rings is 1. The number of amides is 2. The molecule has 2 amide bonds. The number of aromatic nitrogens is 1. The number of aliphatic carboxylic acids is 1. The maximum atomic E-state index is 12.3. The maximum Gasteiger partial charge on any atom is 0.320 e. The highest BCUT2D eigenvalue weighted by Gasteiger charge is 2.33. The molecule has 6 nitrogen and oxygen atoms in total. The van der Waals surface area contributed by atoms with Gasteiger partial charge in [-0.2, -0.15) is 0 Å². The third-order valence-electron chi connectivity index (χ3n) is 3.47. The first kappa shape index (κ1) is 14.3. The third kappa shape index (κ3) is 3.46. The zero-order valence-electron chi connectivity index (χ0n) is 11.5. The smallest absolute Gasteiger partial charge is 0.320 e. The molecule has 1 aromatic heterocycles. The Morgan fingerprint density at radius 2 is 2.05 bits per heavy atom. The van der Waals surface area contributed by atoms with E-state index < -0.39 is 5.97 Å². The van der Waals surface area contributed by atoms with Crippen LogP contribution < -0.4 is 0 Å². The molecule has 108 valence electrons. The number of carboxylic acids is 1. The van der Waals surface area contributed by atoms with Crippen molar-refractivity contribution in [2.45, 2.75) is 19.9 Å². The van der Waals surface area contributed by atoms with Gasteiger partial charge in [0.25, 0.3) is 0 Å². The van der Waals surface area contributed by atoms with Crippen LogP contribution >= 0.6 is 0 Å². The molecule has 2 rings (SSSR count). The Hall–Kier alpha value is -2.11. The Labute approximate surface area is 118 Å². The fourth-order valence-electron chi connectivity index (χ4n) is 2.33. The van der Waals surface area contributed by atoms with Gasteiger partial charge in [-0.1, -0.05) is 0 Å². The minimum absolute atomic E-state index is 0.0223. The number of urea groups is 1. The van der Waals surface area contributed by atoms with Crippen LogP contribution in [-0.2, 0) is 11.3 Å². The zero-order chi connectivity index (χ0) is 14.5. The van der Waals surface area contributed by atoms with Crippen molar-refractivity contribution >= 4 is 12.0 Å². The predicted octanol–water partition coefficient (Wildman–Crippen LogP) is 1.43. The number of rotatable bonds is 5. The fourth-order valence-corrected chi connectivity index (χ4v) is 2.33. The molecule has 0 spiro atoms. The van der Waals surface area contributed by atoms with E-state index in [0.717, 1.165) is 5.56 Å². The highest BCUT2D eigenvalue weighted by Crippen LogP contribution is 2.21. The lowest BCUT2D eigenvalue weighted by Gasteiger charge is -2.41. The first-order valence-electron chi connectivity index (χ1n) is 6.74. The van der Waals surface area contributed by atoms with Crippen LogP contribution in [0.4, 0.5) is 4.79 Å². The van der Waals surface area contributed by atoms with E-state index in [1.165, 1.54) is 0 Å². The molecule has 1 aromatic rings. The first-order chi connectivity index (χ1) is 9.60. The summed E-state index contributed by atoms with van der Waals surface area (Å²) in [7, 11) is 0. The molecule has 1 saturated heterocycles. The van der Waals surface area contributed by atoms with Gasteiger partial charge in [0, 0.05) is 44.5 Å². The highest BCUT2D eigenvalue weighted by molar-refractivity contribution is 5.76.